The highest BCUT2D eigenvalue weighted by Gasteiger charge is 2.32. The lowest BCUT2D eigenvalue weighted by molar-refractivity contribution is -0.126. The number of carbonyl (C=O) groups excluding carboxylic acids is 1. The van der Waals surface area contributed by atoms with E-state index < -0.39 is 16.1 Å². The number of fused-ring (bicyclic) bond motifs is 1. The van der Waals surface area contributed by atoms with E-state index in [9.17, 15) is 18.3 Å². The second-order valence-corrected chi connectivity index (χ2v) is 10.2. The molecule has 33 heavy (non-hydrogen) atoms. The molecule has 178 valence electrons. The van der Waals surface area contributed by atoms with Crippen LogP contribution in [-0.4, -0.2) is 62.9 Å². The van der Waals surface area contributed by atoms with Crippen LogP contribution in [0, 0.1) is 5.92 Å². The molecule has 2 aromatic carbocycles. The Bertz CT molecular complexity index is 1090. The van der Waals surface area contributed by atoms with Crippen molar-refractivity contribution in [3.05, 3.63) is 47.5 Å². The Morgan fingerprint density at radius 2 is 1.85 bits per heavy atom. The molecule has 2 aliphatic rings. The van der Waals surface area contributed by atoms with Gasteiger partial charge in [0.1, 0.15) is 18.5 Å². The average molecular weight is 497 g/mol. The summed E-state index contributed by atoms with van der Waals surface area (Å²) in [4.78, 5) is 12.7. The van der Waals surface area contributed by atoms with Crippen LogP contribution in [0.5, 0.6) is 17.2 Å². The summed E-state index contributed by atoms with van der Waals surface area (Å²) >= 11 is 5.84. The van der Waals surface area contributed by atoms with Crippen LogP contribution in [0.2, 0.25) is 5.02 Å². The smallest absolute Gasteiger partial charge is 0.243 e. The molecule has 0 radical (unpaired) electrons. The molecular weight excluding hydrogens is 472 g/mol. The third-order valence-corrected chi connectivity index (χ3v) is 7.74. The Morgan fingerprint density at radius 3 is 2.58 bits per heavy atom. The van der Waals surface area contributed by atoms with Crippen molar-refractivity contribution in [1.29, 1.82) is 0 Å². The first kappa shape index (κ1) is 23.6. The Hall–Kier alpha value is -2.53. The number of aliphatic hydroxyl groups is 1. The number of amides is 1. The zero-order valence-corrected chi connectivity index (χ0v) is 19.3. The van der Waals surface area contributed by atoms with Gasteiger partial charge >= 0.3 is 0 Å². The Kier molecular flexibility index (Phi) is 7.28. The van der Waals surface area contributed by atoms with Gasteiger partial charge < -0.3 is 24.6 Å². The van der Waals surface area contributed by atoms with Gasteiger partial charge in [-0.2, -0.15) is 4.31 Å². The van der Waals surface area contributed by atoms with Crippen LogP contribution in [0.15, 0.2) is 47.4 Å². The Balaban J connectivity index is 1.20. The van der Waals surface area contributed by atoms with Crippen LogP contribution in [0.1, 0.15) is 12.8 Å². The highest BCUT2D eigenvalue weighted by molar-refractivity contribution is 7.89. The molecule has 1 fully saturated rings. The van der Waals surface area contributed by atoms with Gasteiger partial charge in [0, 0.05) is 36.6 Å². The fourth-order valence-electron chi connectivity index (χ4n) is 3.69. The number of ether oxygens (including phenoxy) is 3. The highest BCUT2D eigenvalue weighted by Crippen LogP contribution is 2.35. The predicted molar refractivity (Wildman–Crippen MR) is 120 cm³/mol. The van der Waals surface area contributed by atoms with Crippen molar-refractivity contribution >= 4 is 27.5 Å². The molecular formula is C22H25ClN2O7S. The third kappa shape index (κ3) is 5.70. The Labute approximate surface area is 197 Å². The van der Waals surface area contributed by atoms with Gasteiger partial charge in [0.25, 0.3) is 0 Å². The van der Waals surface area contributed by atoms with E-state index in [1.807, 2.05) is 0 Å². The minimum atomic E-state index is -3.62. The number of aliphatic hydroxyl groups excluding tert-OH is 1. The molecule has 4 rings (SSSR count). The first-order valence-electron chi connectivity index (χ1n) is 10.6. The van der Waals surface area contributed by atoms with Gasteiger partial charge in [-0.3, -0.25) is 4.79 Å². The minimum absolute atomic E-state index is 0.00228. The van der Waals surface area contributed by atoms with Crippen molar-refractivity contribution < 1.29 is 32.5 Å². The molecule has 2 heterocycles. The van der Waals surface area contributed by atoms with Crippen LogP contribution >= 0.6 is 11.6 Å². The second-order valence-electron chi connectivity index (χ2n) is 7.86. The largest absolute Gasteiger partial charge is 0.491 e. The van der Waals surface area contributed by atoms with Crippen molar-refractivity contribution in [3.63, 3.8) is 0 Å². The zero-order valence-electron chi connectivity index (χ0n) is 17.8. The maximum Gasteiger partial charge on any atom is 0.243 e. The van der Waals surface area contributed by atoms with Crippen LogP contribution < -0.4 is 19.5 Å². The second kappa shape index (κ2) is 10.2. The zero-order chi connectivity index (χ0) is 23.4. The van der Waals surface area contributed by atoms with E-state index in [-0.39, 0.29) is 49.8 Å². The van der Waals surface area contributed by atoms with Crippen LogP contribution in [0.3, 0.4) is 0 Å². The summed E-state index contributed by atoms with van der Waals surface area (Å²) in [6.45, 7) is 0.696. The summed E-state index contributed by atoms with van der Waals surface area (Å²) in [5, 5.41) is 13.3. The standard InChI is InChI=1S/C22H25ClN2O7S/c23-16-1-4-19(5-2-16)33(28,29)25-9-7-15(8-10-25)22(27)24-12-17(26)13-30-18-3-6-20-21(11-18)32-14-31-20/h1-6,11,15,17,26H,7-10,12-14H2,(H,24,27). The number of benzene rings is 2. The van der Waals surface area contributed by atoms with Gasteiger partial charge in [-0.15, -0.1) is 0 Å². The number of hydrogen-bond acceptors (Lipinski definition) is 7. The molecule has 2 aromatic rings. The quantitative estimate of drug-likeness (QED) is 0.574. The summed E-state index contributed by atoms with van der Waals surface area (Å²) in [7, 11) is -3.62. The maximum absolute atomic E-state index is 12.8. The van der Waals surface area contributed by atoms with Crippen LogP contribution in [0.25, 0.3) is 0 Å². The monoisotopic (exact) mass is 496 g/mol. The van der Waals surface area contributed by atoms with E-state index in [4.69, 9.17) is 25.8 Å². The van der Waals surface area contributed by atoms with Crippen molar-refractivity contribution in [2.75, 3.05) is 33.0 Å². The number of nitrogens with zero attached hydrogens (tertiary/aromatic N) is 1. The molecule has 2 aliphatic heterocycles. The molecule has 1 saturated heterocycles. The molecule has 1 amide bonds. The fourth-order valence-corrected chi connectivity index (χ4v) is 5.29. The molecule has 0 aromatic heterocycles. The molecule has 0 aliphatic carbocycles. The topological polar surface area (TPSA) is 114 Å². The molecule has 0 saturated carbocycles. The summed E-state index contributed by atoms with van der Waals surface area (Å²) in [6.07, 6.45) is -0.0880. The van der Waals surface area contributed by atoms with Crippen molar-refractivity contribution in [3.8, 4) is 17.2 Å². The first-order valence-corrected chi connectivity index (χ1v) is 12.4. The summed E-state index contributed by atoms with van der Waals surface area (Å²) in [5.41, 5.74) is 0. The molecule has 9 nitrogen and oxygen atoms in total. The summed E-state index contributed by atoms with van der Waals surface area (Å²) < 4.78 is 43.0. The van der Waals surface area contributed by atoms with Crippen molar-refractivity contribution in [2.24, 2.45) is 5.92 Å². The maximum atomic E-state index is 12.8. The lowest BCUT2D eigenvalue weighted by Crippen LogP contribution is -2.44. The van der Waals surface area contributed by atoms with E-state index >= 15 is 0 Å². The lowest BCUT2D eigenvalue weighted by atomic mass is 9.97. The van der Waals surface area contributed by atoms with E-state index in [2.05, 4.69) is 5.32 Å². The van der Waals surface area contributed by atoms with E-state index in [0.717, 1.165) is 0 Å². The first-order chi connectivity index (χ1) is 15.8. The molecule has 1 atom stereocenters. The number of sulfonamides is 1. The fraction of sp³-hybridized carbons (Fsp3) is 0.409. The van der Waals surface area contributed by atoms with Crippen molar-refractivity contribution in [1.82, 2.24) is 9.62 Å². The summed E-state index contributed by atoms with van der Waals surface area (Å²) in [5.74, 6) is 1.23. The molecule has 2 N–H and O–H groups in total. The SMILES string of the molecule is O=C(NCC(O)COc1ccc2c(c1)OCO2)C1CCN(S(=O)(=O)c2ccc(Cl)cc2)CC1. The van der Waals surface area contributed by atoms with Gasteiger partial charge in [0.2, 0.25) is 22.7 Å². The summed E-state index contributed by atoms with van der Waals surface area (Å²) in [6, 6.07) is 11.1. The number of piperidine rings is 1. The molecule has 1 unspecified atom stereocenters. The van der Waals surface area contributed by atoms with Gasteiger partial charge in [-0.25, -0.2) is 8.42 Å². The number of halogens is 1. The highest BCUT2D eigenvalue weighted by atomic mass is 35.5. The van der Waals surface area contributed by atoms with E-state index in [1.54, 1.807) is 18.2 Å². The minimum Gasteiger partial charge on any atom is -0.491 e. The van der Waals surface area contributed by atoms with Crippen LogP contribution in [0.4, 0.5) is 0 Å². The number of hydrogen-bond donors (Lipinski definition) is 2. The molecule has 11 heteroatoms. The third-order valence-electron chi connectivity index (χ3n) is 5.57. The van der Waals surface area contributed by atoms with Gasteiger partial charge in [0.15, 0.2) is 11.5 Å². The molecule has 0 spiro atoms. The van der Waals surface area contributed by atoms with Gasteiger partial charge in [0.05, 0.1) is 4.90 Å². The lowest BCUT2D eigenvalue weighted by Gasteiger charge is -2.30. The van der Waals surface area contributed by atoms with Crippen LogP contribution in [-0.2, 0) is 14.8 Å². The number of nitrogens with one attached hydrogen (secondary N) is 1. The number of carbonyl (C=O) groups is 1. The van der Waals surface area contributed by atoms with Gasteiger partial charge in [-0.1, -0.05) is 11.6 Å². The van der Waals surface area contributed by atoms with Crippen molar-refractivity contribution in [2.45, 2.75) is 23.8 Å². The Morgan fingerprint density at radius 1 is 1.15 bits per heavy atom. The predicted octanol–water partition coefficient (Wildman–Crippen LogP) is 2.03. The normalized spacial score (nSPS) is 17.5. The van der Waals surface area contributed by atoms with E-state index in [0.29, 0.717) is 35.1 Å². The van der Waals surface area contributed by atoms with Gasteiger partial charge in [-0.05, 0) is 49.2 Å². The van der Waals surface area contributed by atoms with E-state index in [1.165, 1.54) is 28.6 Å². The number of rotatable bonds is 8. The molecule has 0 bridgehead atoms. The average Bonchev–Trinajstić information content (AvgIpc) is 3.29.